The van der Waals surface area contributed by atoms with Gasteiger partial charge in [-0.05, 0) is 10.8 Å². The van der Waals surface area contributed by atoms with Crippen molar-refractivity contribution in [3.63, 3.8) is 0 Å². The minimum absolute atomic E-state index is 0. The Morgan fingerprint density at radius 1 is 0.652 bits per heavy atom. The van der Waals surface area contributed by atoms with Crippen LogP contribution in [-0.4, -0.2) is 3.21 Å². The van der Waals surface area contributed by atoms with Crippen molar-refractivity contribution in [1.29, 1.82) is 0 Å². The van der Waals surface area contributed by atoms with Gasteiger partial charge in [-0.15, -0.1) is 46.2 Å². The average Bonchev–Trinajstić information content (AvgIpc) is 3.66. The molecule has 0 aliphatic heterocycles. The second-order valence-electron chi connectivity index (χ2n) is 14.2. The van der Waals surface area contributed by atoms with Gasteiger partial charge in [-0.3, -0.25) is 6.08 Å². The molecule has 0 fully saturated rings. The van der Waals surface area contributed by atoms with Crippen LogP contribution >= 0.6 is 0 Å². The third-order valence-electron chi connectivity index (χ3n) is 8.10. The maximum Gasteiger partial charge on any atom is -0.109 e. The van der Waals surface area contributed by atoms with Crippen LogP contribution in [0.25, 0.3) is 21.5 Å². The van der Waals surface area contributed by atoms with E-state index in [1.807, 2.05) is 12.2 Å². The first-order valence-corrected chi connectivity index (χ1v) is 17.1. The third-order valence-corrected chi connectivity index (χ3v) is 8.97. The van der Waals surface area contributed by atoms with E-state index in [-0.39, 0.29) is 35.6 Å². The van der Waals surface area contributed by atoms with Crippen molar-refractivity contribution in [2.24, 2.45) is 0 Å². The van der Waals surface area contributed by atoms with Gasteiger partial charge in [-0.25, -0.2) is 12.2 Å². The van der Waals surface area contributed by atoms with Gasteiger partial charge in [-0.1, -0.05) is 76.9 Å². The van der Waals surface area contributed by atoms with E-state index >= 15 is 0 Å². The molecular weight excluding hydrogens is 679 g/mol. The summed E-state index contributed by atoms with van der Waals surface area (Å²) in [6.45, 7) is 17.9. The molecule has 3 heteroatoms. The minimum Gasteiger partial charge on any atom is -1.00 e. The molecule has 0 heterocycles. The smallest absolute Gasteiger partial charge is 0.109 e. The van der Waals surface area contributed by atoms with Gasteiger partial charge in [0, 0.05) is 0 Å². The molecule has 5 aromatic carbocycles. The molecule has 0 bridgehead atoms. The van der Waals surface area contributed by atoms with Gasteiger partial charge < -0.3 is 24.8 Å². The first-order chi connectivity index (χ1) is 20.8. The van der Waals surface area contributed by atoms with Crippen molar-refractivity contribution in [3.05, 3.63) is 149 Å². The summed E-state index contributed by atoms with van der Waals surface area (Å²) in [5.41, 5.74) is 8.73. The first kappa shape index (κ1) is 39.7. The first-order valence-electron chi connectivity index (χ1n) is 15.8. The molecule has 0 unspecified atom stereocenters. The molecule has 1 aliphatic carbocycles. The van der Waals surface area contributed by atoms with E-state index in [4.69, 9.17) is 0 Å². The number of hydrogen-bond donors (Lipinski definition) is 0. The molecule has 0 aromatic heterocycles. The zero-order chi connectivity index (χ0) is 31.9. The summed E-state index contributed by atoms with van der Waals surface area (Å²) in [7, 11) is 0. The van der Waals surface area contributed by atoms with Crippen LogP contribution in [-0.2, 0) is 47.9 Å². The summed E-state index contributed by atoms with van der Waals surface area (Å²) in [4.78, 5) is 0. The van der Waals surface area contributed by atoms with E-state index in [2.05, 4.69) is 159 Å². The van der Waals surface area contributed by atoms with Crippen molar-refractivity contribution < 1.29 is 49.0 Å². The fourth-order valence-electron chi connectivity index (χ4n) is 5.24. The Labute approximate surface area is 305 Å². The van der Waals surface area contributed by atoms with Crippen LogP contribution < -0.4 is 24.8 Å². The van der Waals surface area contributed by atoms with Gasteiger partial charge in [0.25, 0.3) is 0 Å². The fraction of sp³-hybridized carbons (Fsp3) is 0.302. The molecule has 6 rings (SSSR count). The van der Waals surface area contributed by atoms with Crippen molar-refractivity contribution in [3.8, 4) is 0 Å². The molecule has 0 N–H and O–H groups in total. The zero-order valence-corrected chi connectivity index (χ0v) is 32.7. The van der Waals surface area contributed by atoms with Gasteiger partial charge in [0.2, 0.25) is 0 Å². The number of allylic oxidation sites excluding steroid dienone is 4. The second kappa shape index (κ2) is 17.6. The molecule has 1 aliphatic rings. The molecule has 0 nitrogen and oxygen atoms in total. The van der Waals surface area contributed by atoms with Crippen molar-refractivity contribution in [1.82, 2.24) is 0 Å². The maximum absolute atomic E-state index is 2.99. The van der Waals surface area contributed by atoms with Crippen LogP contribution in [0.2, 0.25) is 0 Å². The zero-order valence-electron chi connectivity index (χ0n) is 28.8. The predicted octanol–water partition coefficient (Wildman–Crippen LogP) is 5.43. The van der Waals surface area contributed by atoms with Gasteiger partial charge >= 0.3 is 125 Å². The van der Waals surface area contributed by atoms with Crippen molar-refractivity contribution >= 4 is 24.8 Å². The number of aryl methyl sites for hydroxylation is 2. The standard InChI is InChI=1S/C21H25.C17H18.C5H5.2ClH.Zr/c1-20(2,3)16-9-7-14-11-15-8-10-17(21(4,5)6)13-19(15)18(14)12-16;1-14-6-10-16(11-7-14)4-3-5-17-12-8-15(2)9-13-17;1-2-4-5-3-1;;;/h7-13H,1-6H3;6-13H,4-5H2,1-2H3;1-3H,4H2;2*1H;/q-1;;-1;;;+2/p-2. The van der Waals surface area contributed by atoms with E-state index in [0.717, 1.165) is 19.3 Å². The molecule has 5 aromatic rings. The third kappa shape index (κ3) is 11.7. The van der Waals surface area contributed by atoms with E-state index in [1.165, 1.54) is 54.9 Å². The monoisotopic (exact) mass is 724 g/mol. The normalized spacial score (nSPS) is 12.0. The molecule has 0 amide bonds. The van der Waals surface area contributed by atoms with Crippen LogP contribution in [0.15, 0.2) is 109 Å². The van der Waals surface area contributed by atoms with Gasteiger partial charge in [0.05, 0.1) is 0 Å². The number of halogens is 2. The van der Waals surface area contributed by atoms with Crippen LogP contribution in [0.3, 0.4) is 0 Å². The number of fused-ring (bicyclic) bond motifs is 3. The Balaban J connectivity index is 0.000000270. The van der Waals surface area contributed by atoms with E-state index in [1.54, 1.807) is 27.4 Å². The van der Waals surface area contributed by atoms with Crippen molar-refractivity contribution in [2.45, 2.75) is 85.5 Å². The van der Waals surface area contributed by atoms with Crippen LogP contribution in [0, 0.1) is 19.9 Å². The minimum atomic E-state index is 0. The van der Waals surface area contributed by atoms with Crippen LogP contribution in [0.1, 0.15) is 81.3 Å². The molecular formula is C43H48Cl2Zr-2. The second-order valence-corrected chi connectivity index (χ2v) is 15.9. The molecule has 0 saturated heterocycles. The summed E-state index contributed by atoms with van der Waals surface area (Å²) in [5, 5.41) is 5.49. The van der Waals surface area contributed by atoms with Crippen LogP contribution in [0.5, 0.6) is 0 Å². The SMILES string of the molecule is CC(C)(C)c1ccc2[cH-]c3ccc(C(C)(C)C)cc3c2c1.Cc1ccc(C[C](=[Zr+2])Cc2ccc(C)cc2)cc1.[C-]1=CC=CC1.[Cl-].[Cl-]. The topological polar surface area (TPSA) is 0 Å². The van der Waals surface area contributed by atoms with Crippen LogP contribution in [0.4, 0.5) is 0 Å². The molecule has 0 spiro atoms. The summed E-state index contributed by atoms with van der Waals surface area (Å²) >= 11 is 1.55. The Morgan fingerprint density at radius 3 is 1.37 bits per heavy atom. The summed E-state index contributed by atoms with van der Waals surface area (Å²) < 4.78 is 1.61. The predicted molar refractivity (Wildman–Crippen MR) is 191 cm³/mol. The number of benzene rings is 4. The molecule has 46 heavy (non-hydrogen) atoms. The summed E-state index contributed by atoms with van der Waals surface area (Å²) in [6, 6.07) is 33.9. The van der Waals surface area contributed by atoms with Gasteiger partial charge in [0.1, 0.15) is 0 Å². The average molecular weight is 727 g/mol. The Hall–Kier alpha value is -2.44. The molecule has 0 radical (unpaired) electrons. The van der Waals surface area contributed by atoms with Gasteiger partial charge in [-0.2, -0.15) is 6.08 Å². The quantitative estimate of drug-likeness (QED) is 0.217. The van der Waals surface area contributed by atoms with E-state index < -0.39 is 0 Å². The Kier molecular flexibility index (Phi) is 15.2. The molecule has 0 saturated carbocycles. The fourth-order valence-corrected chi connectivity index (χ4v) is 6.24. The number of rotatable bonds is 4. The largest absolute Gasteiger partial charge is 1.00 e. The van der Waals surface area contributed by atoms with Crippen molar-refractivity contribution in [2.75, 3.05) is 0 Å². The Bertz CT molecular complexity index is 1630. The summed E-state index contributed by atoms with van der Waals surface area (Å²) in [5.74, 6) is 0. The van der Waals surface area contributed by atoms with E-state index in [9.17, 15) is 0 Å². The molecule has 240 valence electrons. The number of hydrogen-bond acceptors (Lipinski definition) is 0. The Morgan fingerprint density at radius 2 is 1.07 bits per heavy atom. The maximum atomic E-state index is 2.99. The summed E-state index contributed by atoms with van der Waals surface area (Å²) in [6.07, 6.45) is 12.2. The van der Waals surface area contributed by atoms with Gasteiger partial charge in [0.15, 0.2) is 0 Å². The molecule has 0 atom stereocenters. The van der Waals surface area contributed by atoms with E-state index in [0.29, 0.717) is 0 Å².